The van der Waals surface area contributed by atoms with Crippen molar-refractivity contribution in [3.8, 4) is 0 Å². The van der Waals surface area contributed by atoms with E-state index >= 15 is 0 Å². The summed E-state index contributed by atoms with van der Waals surface area (Å²) >= 11 is 0. The zero-order chi connectivity index (χ0) is 10.9. The third-order valence-corrected chi connectivity index (χ3v) is 2.63. The van der Waals surface area contributed by atoms with E-state index in [0.29, 0.717) is 0 Å². The second kappa shape index (κ2) is 3.35. The monoisotopic (exact) mass is 216 g/mol. The fourth-order valence-corrected chi connectivity index (χ4v) is 1.70. The van der Waals surface area contributed by atoms with E-state index in [2.05, 4.69) is 0 Å². The van der Waals surface area contributed by atoms with Gasteiger partial charge in [0.25, 0.3) is 5.69 Å². The first-order valence-electron chi connectivity index (χ1n) is 3.53. The largest absolute Gasteiger partial charge is 0.744 e. The molecule has 0 saturated carbocycles. The molecule has 0 aliphatic carbocycles. The van der Waals surface area contributed by atoms with Gasteiger partial charge in [0.1, 0.15) is 10.1 Å². The lowest BCUT2D eigenvalue weighted by Gasteiger charge is -2.09. The summed E-state index contributed by atoms with van der Waals surface area (Å²) in [5.41, 5.74) is -0.212. The molecule has 1 aromatic rings. The molecule has 0 atom stereocenters. The van der Waals surface area contributed by atoms with Crippen molar-refractivity contribution in [1.29, 1.82) is 0 Å². The lowest BCUT2D eigenvalue weighted by molar-refractivity contribution is -0.385. The number of nitro benzene ring substituents is 1. The smallest absolute Gasteiger partial charge is 0.270 e. The Hall–Kier alpha value is -1.47. The lowest BCUT2D eigenvalue weighted by Crippen LogP contribution is -2.02. The molecule has 0 unspecified atom stereocenters. The maximum atomic E-state index is 10.7. The molecule has 0 N–H and O–H groups in total. The normalized spacial score (nSPS) is 11.3. The van der Waals surface area contributed by atoms with Gasteiger partial charge < -0.3 is 4.55 Å². The Balaban J connectivity index is 3.44. The molecule has 7 heteroatoms. The lowest BCUT2D eigenvalue weighted by atomic mass is 10.2. The molecule has 0 heterocycles. The van der Waals surface area contributed by atoms with E-state index in [1.54, 1.807) is 0 Å². The van der Waals surface area contributed by atoms with Crippen LogP contribution in [0, 0.1) is 17.0 Å². The van der Waals surface area contributed by atoms with Gasteiger partial charge in [-0.25, -0.2) is 8.42 Å². The molecule has 76 valence electrons. The van der Waals surface area contributed by atoms with Gasteiger partial charge in [-0.05, 0) is 12.5 Å². The van der Waals surface area contributed by atoms with Gasteiger partial charge in [-0.3, -0.25) is 10.1 Å². The van der Waals surface area contributed by atoms with E-state index in [0.717, 1.165) is 12.1 Å². The van der Waals surface area contributed by atoms with Crippen LogP contribution in [0.5, 0.6) is 0 Å². The number of nitrogens with zero attached hydrogens (tertiary/aromatic N) is 1. The number of rotatable bonds is 2. The molecule has 0 spiro atoms. The minimum atomic E-state index is -4.64. The molecule has 0 amide bonds. The molecule has 0 bridgehead atoms. The summed E-state index contributed by atoms with van der Waals surface area (Å²) in [6, 6.07) is 3.13. The first kappa shape index (κ1) is 10.6. The topological polar surface area (TPSA) is 100 Å². The standard InChI is InChI=1S/C7H7NO5S/c1-5-2-3-6(8(9)10)4-7(5)14(11,12)13/h2-4H,1H3,(H,11,12,13)/p-1. The zero-order valence-electron chi connectivity index (χ0n) is 7.13. The summed E-state index contributed by atoms with van der Waals surface area (Å²) in [4.78, 5) is 8.99. The van der Waals surface area contributed by atoms with Crippen molar-refractivity contribution in [3.05, 3.63) is 33.9 Å². The number of hydrogen-bond acceptors (Lipinski definition) is 5. The minimum Gasteiger partial charge on any atom is -0.744 e. The van der Waals surface area contributed by atoms with Crippen molar-refractivity contribution in [2.24, 2.45) is 0 Å². The Morgan fingerprint density at radius 2 is 1.93 bits per heavy atom. The average Bonchev–Trinajstić information content (AvgIpc) is 2.02. The van der Waals surface area contributed by atoms with Gasteiger partial charge in [0.15, 0.2) is 0 Å². The van der Waals surface area contributed by atoms with Crippen molar-refractivity contribution in [1.82, 2.24) is 0 Å². The SMILES string of the molecule is Cc1ccc([N+](=O)[O-])cc1S(=O)(=O)[O-]. The quantitative estimate of drug-likeness (QED) is 0.413. The maximum absolute atomic E-state index is 10.7. The van der Waals surface area contributed by atoms with Gasteiger partial charge in [0.05, 0.1) is 9.82 Å². The van der Waals surface area contributed by atoms with Crippen molar-refractivity contribution in [2.75, 3.05) is 0 Å². The van der Waals surface area contributed by atoms with E-state index in [9.17, 15) is 23.1 Å². The van der Waals surface area contributed by atoms with E-state index in [-0.39, 0.29) is 5.56 Å². The van der Waals surface area contributed by atoms with E-state index in [4.69, 9.17) is 0 Å². The predicted octanol–water partition coefficient (Wildman–Crippen LogP) is 0.807. The van der Waals surface area contributed by atoms with Gasteiger partial charge in [0.2, 0.25) is 0 Å². The summed E-state index contributed by atoms with van der Waals surface area (Å²) in [5, 5.41) is 10.3. The van der Waals surface area contributed by atoms with Gasteiger partial charge in [0, 0.05) is 12.1 Å². The van der Waals surface area contributed by atoms with Crippen LogP contribution in [0.25, 0.3) is 0 Å². The number of non-ortho nitro benzene ring substituents is 1. The molecular formula is C7H6NO5S-. The van der Waals surface area contributed by atoms with Gasteiger partial charge in [-0.2, -0.15) is 0 Å². The molecule has 0 radical (unpaired) electrons. The van der Waals surface area contributed by atoms with Crippen LogP contribution in [-0.4, -0.2) is 17.9 Å². The highest BCUT2D eigenvalue weighted by molar-refractivity contribution is 7.85. The molecule has 1 aromatic carbocycles. The highest BCUT2D eigenvalue weighted by Gasteiger charge is 2.12. The molecule has 0 fully saturated rings. The van der Waals surface area contributed by atoms with Crippen LogP contribution in [0.4, 0.5) is 5.69 Å². The van der Waals surface area contributed by atoms with Crippen LogP contribution in [0.3, 0.4) is 0 Å². The van der Waals surface area contributed by atoms with Crippen molar-refractivity contribution in [3.63, 3.8) is 0 Å². The highest BCUT2D eigenvalue weighted by atomic mass is 32.2. The first-order valence-corrected chi connectivity index (χ1v) is 4.94. The number of aryl methyl sites for hydroxylation is 1. The first-order chi connectivity index (χ1) is 6.32. The molecule has 14 heavy (non-hydrogen) atoms. The molecule has 0 saturated heterocycles. The van der Waals surface area contributed by atoms with E-state index in [1.807, 2.05) is 0 Å². The minimum absolute atomic E-state index is 0.200. The molecule has 6 nitrogen and oxygen atoms in total. The Morgan fingerprint density at radius 3 is 2.36 bits per heavy atom. The molecule has 1 rings (SSSR count). The number of hydrogen-bond donors (Lipinski definition) is 0. The molecule has 0 aliphatic rings. The summed E-state index contributed by atoms with van der Waals surface area (Å²) in [7, 11) is -4.64. The zero-order valence-corrected chi connectivity index (χ0v) is 7.95. The third kappa shape index (κ3) is 2.06. The Morgan fingerprint density at radius 1 is 1.36 bits per heavy atom. The van der Waals surface area contributed by atoms with Crippen LogP contribution in [0.15, 0.2) is 23.1 Å². The second-order valence-electron chi connectivity index (χ2n) is 2.66. The summed E-state index contributed by atoms with van der Waals surface area (Å²) in [5.74, 6) is 0. The van der Waals surface area contributed by atoms with Crippen molar-refractivity contribution in [2.45, 2.75) is 11.8 Å². The van der Waals surface area contributed by atoms with Gasteiger partial charge in [-0.1, -0.05) is 6.07 Å². The third-order valence-electron chi connectivity index (χ3n) is 1.65. The Kier molecular flexibility index (Phi) is 2.54. The van der Waals surface area contributed by atoms with E-state index in [1.165, 1.54) is 13.0 Å². The molecular weight excluding hydrogens is 210 g/mol. The Bertz CT molecular complexity index is 479. The second-order valence-corrected chi connectivity index (χ2v) is 4.01. The summed E-state index contributed by atoms with van der Waals surface area (Å²) in [6.07, 6.45) is 0. The van der Waals surface area contributed by atoms with Crippen LogP contribution in [-0.2, 0) is 10.1 Å². The molecule has 0 aromatic heterocycles. The summed E-state index contributed by atoms with van der Waals surface area (Å²) < 4.78 is 32.0. The highest BCUT2D eigenvalue weighted by Crippen LogP contribution is 2.20. The Labute approximate surface area is 80.1 Å². The number of benzene rings is 1. The van der Waals surface area contributed by atoms with Crippen LogP contribution in [0.2, 0.25) is 0 Å². The van der Waals surface area contributed by atoms with Crippen molar-refractivity contribution >= 4 is 15.8 Å². The van der Waals surface area contributed by atoms with Gasteiger partial charge >= 0.3 is 0 Å². The predicted molar refractivity (Wildman–Crippen MR) is 45.8 cm³/mol. The number of nitro groups is 1. The fourth-order valence-electron chi connectivity index (χ4n) is 0.972. The van der Waals surface area contributed by atoms with Crippen molar-refractivity contribution < 1.29 is 17.9 Å². The molecule has 0 aliphatic heterocycles. The average molecular weight is 216 g/mol. The van der Waals surface area contributed by atoms with Crippen LogP contribution >= 0.6 is 0 Å². The summed E-state index contributed by atoms with van der Waals surface area (Å²) in [6.45, 7) is 1.40. The van der Waals surface area contributed by atoms with Crippen LogP contribution in [0.1, 0.15) is 5.56 Å². The fraction of sp³-hybridized carbons (Fsp3) is 0.143. The van der Waals surface area contributed by atoms with Gasteiger partial charge in [-0.15, -0.1) is 0 Å². The van der Waals surface area contributed by atoms with E-state index < -0.39 is 25.6 Å². The van der Waals surface area contributed by atoms with Crippen LogP contribution < -0.4 is 0 Å². The maximum Gasteiger partial charge on any atom is 0.270 e.